The number of halogens is 1. The molecule has 6 nitrogen and oxygen atoms in total. The molecule has 0 saturated carbocycles. The summed E-state index contributed by atoms with van der Waals surface area (Å²) >= 11 is 0. The molecule has 1 aromatic rings. The summed E-state index contributed by atoms with van der Waals surface area (Å²) in [4.78, 5) is 18.5. The van der Waals surface area contributed by atoms with Gasteiger partial charge in [0.2, 0.25) is 0 Å². The number of nitrogens with zero attached hydrogens (tertiary/aromatic N) is 2. The SMILES string of the molecule is CC(C)(C)OC(=O)N1CCC(CN=C(N)Nc2cccc3c2CCCC3)CC1.I. The summed E-state index contributed by atoms with van der Waals surface area (Å²) in [6, 6.07) is 6.39. The van der Waals surface area contributed by atoms with Crippen LogP contribution in [-0.2, 0) is 17.6 Å². The maximum atomic E-state index is 12.2. The third-order valence-electron chi connectivity index (χ3n) is 5.44. The van der Waals surface area contributed by atoms with Crippen LogP contribution < -0.4 is 11.1 Å². The predicted molar refractivity (Wildman–Crippen MR) is 129 cm³/mol. The van der Waals surface area contributed by atoms with Gasteiger partial charge in [0.05, 0.1) is 0 Å². The first kappa shape index (κ1) is 23.8. The van der Waals surface area contributed by atoms with Crippen molar-refractivity contribution in [3.8, 4) is 0 Å². The molecule has 29 heavy (non-hydrogen) atoms. The lowest BCUT2D eigenvalue weighted by Gasteiger charge is -2.33. The van der Waals surface area contributed by atoms with E-state index in [1.165, 1.54) is 24.0 Å². The van der Waals surface area contributed by atoms with Crippen LogP contribution in [0.25, 0.3) is 0 Å². The number of hydrogen-bond acceptors (Lipinski definition) is 3. The van der Waals surface area contributed by atoms with E-state index in [-0.39, 0.29) is 30.1 Å². The van der Waals surface area contributed by atoms with Crippen LogP contribution in [0.15, 0.2) is 23.2 Å². The van der Waals surface area contributed by atoms with E-state index in [9.17, 15) is 4.79 Å². The highest BCUT2D eigenvalue weighted by molar-refractivity contribution is 14.0. The van der Waals surface area contributed by atoms with Crippen LogP contribution in [0.3, 0.4) is 0 Å². The van der Waals surface area contributed by atoms with E-state index >= 15 is 0 Å². The van der Waals surface area contributed by atoms with Crippen molar-refractivity contribution in [2.24, 2.45) is 16.6 Å². The molecule has 7 heteroatoms. The summed E-state index contributed by atoms with van der Waals surface area (Å²) < 4.78 is 5.45. The first-order valence-corrected chi connectivity index (χ1v) is 10.5. The Morgan fingerprint density at radius 3 is 2.62 bits per heavy atom. The Kier molecular flexibility index (Phi) is 8.60. The number of nitrogens with two attached hydrogens (primary N) is 1. The van der Waals surface area contributed by atoms with E-state index in [4.69, 9.17) is 10.5 Å². The maximum Gasteiger partial charge on any atom is 0.410 e. The number of carbonyl (C=O) groups is 1. The summed E-state index contributed by atoms with van der Waals surface area (Å²) in [5.74, 6) is 0.928. The van der Waals surface area contributed by atoms with Crippen LogP contribution >= 0.6 is 24.0 Å². The van der Waals surface area contributed by atoms with Gasteiger partial charge >= 0.3 is 6.09 Å². The average molecular weight is 514 g/mol. The van der Waals surface area contributed by atoms with Gasteiger partial charge in [0.25, 0.3) is 0 Å². The number of amides is 1. The summed E-state index contributed by atoms with van der Waals surface area (Å²) in [6.07, 6.45) is 6.39. The molecule has 0 atom stereocenters. The van der Waals surface area contributed by atoms with Crippen LogP contribution in [0, 0.1) is 5.92 Å². The molecular formula is C22H35IN4O2. The van der Waals surface area contributed by atoms with Crippen LogP contribution in [-0.4, -0.2) is 42.2 Å². The zero-order chi connectivity index (χ0) is 20.1. The lowest BCUT2D eigenvalue weighted by molar-refractivity contribution is 0.0187. The fourth-order valence-electron chi connectivity index (χ4n) is 3.93. The highest BCUT2D eigenvalue weighted by atomic mass is 127. The number of carbonyl (C=O) groups excluding carboxylic acids is 1. The third kappa shape index (κ3) is 7.04. The minimum Gasteiger partial charge on any atom is -0.444 e. The zero-order valence-electron chi connectivity index (χ0n) is 17.9. The van der Waals surface area contributed by atoms with Crippen LogP contribution in [0.1, 0.15) is 57.6 Å². The Hall–Kier alpha value is -1.51. The number of nitrogens with one attached hydrogen (secondary N) is 1. The van der Waals surface area contributed by atoms with E-state index in [2.05, 4.69) is 28.5 Å². The molecule has 162 valence electrons. The van der Waals surface area contributed by atoms with Crippen molar-refractivity contribution in [3.63, 3.8) is 0 Å². The number of guanidine groups is 1. The average Bonchev–Trinajstić information content (AvgIpc) is 2.66. The van der Waals surface area contributed by atoms with Gasteiger partial charge in [0.1, 0.15) is 5.60 Å². The van der Waals surface area contributed by atoms with Gasteiger partial charge in [-0.15, -0.1) is 24.0 Å². The molecule has 0 unspecified atom stereocenters. The number of aliphatic imine (C=N–C) groups is 1. The smallest absolute Gasteiger partial charge is 0.410 e. The number of ether oxygens (including phenoxy) is 1. The van der Waals surface area contributed by atoms with Crippen LogP contribution in [0.2, 0.25) is 0 Å². The highest BCUT2D eigenvalue weighted by Crippen LogP contribution is 2.27. The summed E-state index contributed by atoms with van der Waals surface area (Å²) in [6.45, 7) is 7.81. The number of fused-ring (bicyclic) bond motifs is 1. The molecule has 1 aliphatic carbocycles. The third-order valence-corrected chi connectivity index (χ3v) is 5.44. The predicted octanol–water partition coefficient (Wildman–Crippen LogP) is 4.56. The number of hydrogen-bond donors (Lipinski definition) is 2. The molecule has 0 bridgehead atoms. The van der Waals surface area contributed by atoms with Gasteiger partial charge in [-0.1, -0.05) is 12.1 Å². The minimum absolute atomic E-state index is 0. The molecule has 1 amide bonds. The number of benzene rings is 1. The second-order valence-electron chi connectivity index (χ2n) is 8.91. The number of piperidine rings is 1. The molecule has 1 fully saturated rings. The molecule has 0 aromatic heterocycles. The Bertz CT molecular complexity index is 722. The van der Waals surface area contributed by atoms with E-state index in [1.807, 2.05) is 20.8 Å². The van der Waals surface area contributed by atoms with Gasteiger partial charge in [-0.3, -0.25) is 4.99 Å². The van der Waals surface area contributed by atoms with Crippen molar-refractivity contribution in [1.82, 2.24) is 4.90 Å². The van der Waals surface area contributed by atoms with Crippen LogP contribution in [0.4, 0.5) is 10.5 Å². The largest absolute Gasteiger partial charge is 0.444 e. The van der Waals surface area contributed by atoms with Crippen LogP contribution in [0.5, 0.6) is 0 Å². The molecule has 1 heterocycles. The van der Waals surface area contributed by atoms with Crippen molar-refractivity contribution >= 4 is 41.7 Å². The van der Waals surface area contributed by atoms with E-state index in [1.54, 1.807) is 4.90 Å². The zero-order valence-corrected chi connectivity index (χ0v) is 20.2. The molecule has 1 aromatic carbocycles. The van der Waals surface area contributed by atoms with Crippen molar-refractivity contribution in [2.45, 2.75) is 64.9 Å². The maximum absolute atomic E-state index is 12.2. The second-order valence-corrected chi connectivity index (χ2v) is 8.91. The van der Waals surface area contributed by atoms with Crippen molar-refractivity contribution in [1.29, 1.82) is 0 Å². The highest BCUT2D eigenvalue weighted by Gasteiger charge is 2.26. The topological polar surface area (TPSA) is 80.0 Å². The molecule has 3 N–H and O–H groups in total. The molecule has 0 spiro atoms. The van der Waals surface area contributed by atoms with Gasteiger partial charge in [-0.2, -0.15) is 0 Å². The first-order chi connectivity index (χ1) is 13.3. The Morgan fingerprint density at radius 1 is 1.24 bits per heavy atom. The molecule has 2 aliphatic rings. The molecular weight excluding hydrogens is 479 g/mol. The Balaban J connectivity index is 0.00000300. The van der Waals surface area contributed by atoms with Gasteiger partial charge < -0.3 is 20.7 Å². The molecule has 1 aliphatic heterocycles. The monoisotopic (exact) mass is 514 g/mol. The van der Waals surface area contributed by atoms with Crippen molar-refractivity contribution in [3.05, 3.63) is 29.3 Å². The standard InChI is InChI=1S/C22H34N4O2.HI/c1-22(2,3)28-21(27)26-13-11-16(12-14-26)15-24-20(23)25-19-10-6-8-17-7-4-5-9-18(17)19;/h6,8,10,16H,4-5,7,9,11-15H2,1-3H3,(H3,23,24,25);1H. The minimum atomic E-state index is -0.449. The second kappa shape index (κ2) is 10.5. The molecule has 0 radical (unpaired) electrons. The lowest BCUT2D eigenvalue weighted by atomic mass is 9.90. The quantitative estimate of drug-likeness (QED) is 0.352. The van der Waals surface area contributed by atoms with Gasteiger partial charge in [0, 0.05) is 25.3 Å². The summed E-state index contributed by atoms with van der Waals surface area (Å²) in [7, 11) is 0. The molecule has 3 rings (SSSR count). The van der Waals surface area contributed by atoms with Gasteiger partial charge in [-0.05, 0) is 82.4 Å². The fraction of sp³-hybridized carbons (Fsp3) is 0.636. The number of rotatable bonds is 3. The summed E-state index contributed by atoms with van der Waals surface area (Å²) in [5, 5.41) is 3.31. The van der Waals surface area contributed by atoms with E-state index < -0.39 is 5.60 Å². The number of anilines is 1. The lowest BCUT2D eigenvalue weighted by Crippen LogP contribution is -2.42. The number of likely N-dealkylation sites (tertiary alicyclic amines) is 1. The summed E-state index contributed by atoms with van der Waals surface area (Å²) in [5.41, 5.74) is 9.62. The van der Waals surface area contributed by atoms with Gasteiger partial charge in [-0.25, -0.2) is 4.79 Å². The molecule has 1 saturated heterocycles. The van der Waals surface area contributed by atoms with E-state index in [0.717, 1.165) is 31.4 Å². The Morgan fingerprint density at radius 2 is 1.93 bits per heavy atom. The van der Waals surface area contributed by atoms with Crippen molar-refractivity contribution in [2.75, 3.05) is 25.0 Å². The normalized spacial score (nSPS) is 17.9. The van der Waals surface area contributed by atoms with E-state index in [0.29, 0.717) is 31.5 Å². The van der Waals surface area contributed by atoms with Gasteiger partial charge in [0.15, 0.2) is 5.96 Å². The first-order valence-electron chi connectivity index (χ1n) is 10.5. The van der Waals surface area contributed by atoms with Crippen molar-refractivity contribution < 1.29 is 9.53 Å². The number of aryl methyl sites for hydroxylation is 1. The fourth-order valence-corrected chi connectivity index (χ4v) is 3.93. The Labute approximate surface area is 191 Å².